The van der Waals surface area contributed by atoms with Crippen molar-refractivity contribution in [3.63, 3.8) is 0 Å². The molecule has 1 aliphatic heterocycles. The lowest BCUT2D eigenvalue weighted by molar-refractivity contribution is -0.385. The Morgan fingerprint density at radius 1 is 1.26 bits per heavy atom. The van der Waals surface area contributed by atoms with Crippen LogP contribution in [0.25, 0.3) is 11.3 Å². The van der Waals surface area contributed by atoms with E-state index in [0.29, 0.717) is 0 Å². The van der Waals surface area contributed by atoms with Crippen LogP contribution in [0, 0.1) is 10.1 Å². The molecule has 138 valence electrons. The number of aromatic amines is 1. The van der Waals surface area contributed by atoms with Gasteiger partial charge in [0.1, 0.15) is 0 Å². The van der Waals surface area contributed by atoms with Gasteiger partial charge in [0.15, 0.2) is 5.75 Å². The van der Waals surface area contributed by atoms with Crippen LogP contribution < -0.4 is 4.74 Å². The van der Waals surface area contributed by atoms with Crippen LogP contribution in [0.3, 0.4) is 0 Å². The van der Waals surface area contributed by atoms with Crippen LogP contribution in [0.1, 0.15) is 16.8 Å². The van der Waals surface area contributed by atoms with Gasteiger partial charge < -0.3 is 4.74 Å². The zero-order valence-corrected chi connectivity index (χ0v) is 15.0. The quantitative estimate of drug-likeness (QED) is 0.553. The van der Waals surface area contributed by atoms with Gasteiger partial charge in [0.2, 0.25) is 0 Å². The molecule has 0 fully saturated rings. The number of fused-ring (bicyclic) bond motifs is 1. The molecule has 1 aromatic heterocycles. The fourth-order valence-corrected chi connectivity index (χ4v) is 3.55. The third-order valence-electron chi connectivity index (χ3n) is 4.91. The van der Waals surface area contributed by atoms with Crippen LogP contribution in [-0.2, 0) is 19.5 Å². The lowest BCUT2D eigenvalue weighted by Gasteiger charge is -2.27. The summed E-state index contributed by atoms with van der Waals surface area (Å²) in [6.45, 7) is 2.58. The molecule has 0 atom stereocenters. The number of methoxy groups -OCH3 is 1. The molecule has 2 aromatic carbocycles. The Hall–Kier alpha value is -3.19. The van der Waals surface area contributed by atoms with Crippen molar-refractivity contribution in [2.24, 2.45) is 0 Å². The Labute approximate surface area is 156 Å². The molecule has 0 amide bonds. The number of H-pyrrole nitrogens is 1. The number of rotatable bonds is 5. The first kappa shape index (κ1) is 17.2. The molecule has 3 aromatic rings. The molecule has 4 rings (SSSR count). The zero-order valence-electron chi connectivity index (χ0n) is 15.0. The highest BCUT2D eigenvalue weighted by Gasteiger charge is 2.24. The first-order valence-corrected chi connectivity index (χ1v) is 8.81. The summed E-state index contributed by atoms with van der Waals surface area (Å²) in [6, 6.07) is 15.3. The van der Waals surface area contributed by atoms with E-state index in [4.69, 9.17) is 4.74 Å². The molecular weight excluding hydrogens is 344 g/mol. The molecule has 7 nitrogen and oxygen atoms in total. The van der Waals surface area contributed by atoms with Crippen molar-refractivity contribution >= 4 is 5.69 Å². The molecule has 0 saturated heterocycles. The van der Waals surface area contributed by atoms with Crippen LogP contribution >= 0.6 is 0 Å². The highest BCUT2D eigenvalue weighted by Crippen LogP contribution is 2.35. The number of nitro groups is 1. The summed E-state index contributed by atoms with van der Waals surface area (Å²) in [5.74, 6) is 0.249. The maximum atomic E-state index is 11.3. The van der Waals surface area contributed by atoms with E-state index >= 15 is 0 Å². The molecule has 1 N–H and O–H groups in total. The first-order chi connectivity index (χ1) is 13.2. The number of nitro benzene ring substituents is 1. The average molecular weight is 364 g/mol. The van der Waals surface area contributed by atoms with E-state index in [1.54, 1.807) is 6.07 Å². The van der Waals surface area contributed by atoms with Crippen molar-refractivity contribution in [2.45, 2.75) is 19.5 Å². The highest BCUT2D eigenvalue weighted by atomic mass is 16.6. The number of hydrogen-bond acceptors (Lipinski definition) is 5. The van der Waals surface area contributed by atoms with Crippen LogP contribution in [0.15, 0.2) is 48.5 Å². The third-order valence-corrected chi connectivity index (χ3v) is 4.91. The minimum atomic E-state index is -0.427. The van der Waals surface area contributed by atoms with E-state index in [1.165, 1.54) is 18.7 Å². The molecule has 0 saturated carbocycles. The molecule has 2 heterocycles. The van der Waals surface area contributed by atoms with Gasteiger partial charge in [0.25, 0.3) is 0 Å². The van der Waals surface area contributed by atoms with Crippen molar-refractivity contribution in [1.82, 2.24) is 15.1 Å². The molecule has 1 aliphatic rings. The van der Waals surface area contributed by atoms with Gasteiger partial charge in [-0.25, -0.2) is 0 Å². The van der Waals surface area contributed by atoms with Gasteiger partial charge in [0.05, 0.1) is 17.7 Å². The van der Waals surface area contributed by atoms with Gasteiger partial charge in [-0.05, 0) is 17.7 Å². The predicted octanol–water partition coefficient (Wildman–Crippen LogP) is 3.55. The molecule has 0 unspecified atom stereocenters. The van der Waals surface area contributed by atoms with E-state index in [9.17, 15) is 10.1 Å². The van der Waals surface area contributed by atoms with E-state index < -0.39 is 4.92 Å². The van der Waals surface area contributed by atoms with Crippen LogP contribution in [0.5, 0.6) is 5.75 Å². The van der Waals surface area contributed by atoms with Crippen molar-refractivity contribution in [3.8, 4) is 17.0 Å². The standard InChI is InChI=1S/C20H20N4O3/c1-27-19-8-7-15(11-18(19)24(25)26)20-16-13-23(10-9-17(16)21-22-20)12-14-5-3-2-4-6-14/h2-8,11H,9-10,12-13H2,1H3,(H,21,22). The van der Waals surface area contributed by atoms with E-state index in [0.717, 1.165) is 48.6 Å². The molecule has 7 heteroatoms. The van der Waals surface area contributed by atoms with E-state index in [2.05, 4.69) is 27.2 Å². The van der Waals surface area contributed by atoms with Crippen molar-refractivity contribution in [3.05, 3.63) is 75.5 Å². The predicted molar refractivity (Wildman–Crippen MR) is 101 cm³/mol. The Morgan fingerprint density at radius 3 is 2.81 bits per heavy atom. The van der Waals surface area contributed by atoms with Gasteiger partial charge in [-0.2, -0.15) is 5.10 Å². The molecule has 27 heavy (non-hydrogen) atoms. The summed E-state index contributed by atoms with van der Waals surface area (Å²) in [5.41, 5.74) is 4.93. The van der Waals surface area contributed by atoms with Crippen molar-refractivity contribution < 1.29 is 9.66 Å². The minimum Gasteiger partial charge on any atom is -0.490 e. The number of ether oxygens (including phenoxy) is 1. The van der Waals surface area contributed by atoms with Crippen LogP contribution in [0.2, 0.25) is 0 Å². The van der Waals surface area contributed by atoms with Gasteiger partial charge in [-0.15, -0.1) is 0 Å². The van der Waals surface area contributed by atoms with Crippen molar-refractivity contribution in [1.29, 1.82) is 0 Å². The Bertz CT molecular complexity index is 969. The molecule has 0 spiro atoms. The zero-order chi connectivity index (χ0) is 18.8. The second-order valence-corrected chi connectivity index (χ2v) is 6.62. The highest BCUT2D eigenvalue weighted by molar-refractivity contribution is 5.69. The van der Waals surface area contributed by atoms with Crippen LogP contribution in [-0.4, -0.2) is 33.7 Å². The van der Waals surface area contributed by atoms with Gasteiger partial charge in [0, 0.05) is 48.9 Å². The largest absolute Gasteiger partial charge is 0.490 e. The number of nitrogens with one attached hydrogen (secondary N) is 1. The maximum absolute atomic E-state index is 11.3. The average Bonchev–Trinajstić information content (AvgIpc) is 3.11. The summed E-state index contributed by atoms with van der Waals surface area (Å²) in [5, 5.41) is 18.9. The van der Waals surface area contributed by atoms with E-state index in [1.807, 2.05) is 24.3 Å². The molecule has 0 bridgehead atoms. The van der Waals surface area contributed by atoms with Crippen LogP contribution in [0.4, 0.5) is 5.69 Å². The fourth-order valence-electron chi connectivity index (χ4n) is 3.55. The summed E-state index contributed by atoms with van der Waals surface area (Å²) in [7, 11) is 1.43. The van der Waals surface area contributed by atoms with E-state index in [-0.39, 0.29) is 11.4 Å². The Kier molecular flexibility index (Phi) is 4.60. The minimum absolute atomic E-state index is 0.0521. The van der Waals surface area contributed by atoms with Gasteiger partial charge >= 0.3 is 5.69 Å². The molecule has 0 radical (unpaired) electrons. The molecule has 0 aliphatic carbocycles. The Balaban J connectivity index is 1.63. The number of benzene rings is 2. The number of hydrogen-bond donors (Lipinski definition) is 1. The Morgan fingerprint density at radius 2 is 2.07 bits per heavy atom. The molecular formula is C20H20N4O3. The summed E-state index contributed by atoms with van der Waals surface area (Å²) >= 11 is 0. The van der Waals surface area contributed by atoms with Gasteiger partial charge in [-0.3, -0.25) is 20.1 Å². The number of nitrogens with zero attached hydrogens (tertiary/aromatic N) is 3. The second kappa shape index (κ2) is 7.20. The number of aromatic nitrogens is 2. The monoisotopic (exact) mass is 364 g/mol. The summed E-state index contributed by atoms with van der Waals surface area (Å²) in [4.78, 5) is 13.3. The smallest absolute Gasteiger partial charge is 0.311 e. The topological polar surface area (TPSA) is 84.3 Å². The second-order valence-electron chi connectivity index (χ2n) is 6.62. The van der Waals surface area contributed by atoms with Gasteiger partial charge in [-0.1, -0.05) is 30.3 Å². The first-order valence-electron chi connectivity index (χ1n) is 8.81. The summed E-state index contributed by atoms with van der Waals surface area (Å²) in [6.07, 6.45) is 0.882. The SMILES string of the molecule is COc1ccc(-c2n[nH]c3c2CN(Cc2ccccc2)CC3)cc1[N+](=O)[O-]. The van der Waals surface area contributed by atoms with Crippen molar-refractivity contribution in [2.75, 3.05) is 13.7 Å². The maximum Gasteiger partial charge on any atom is 0.311 e. The third kappa shape index (κ3) is 3.41. The lowest BCUT2D eigenvalue weighted by Crippen LogP contribution is -2.29. The fraction of sp³-hybridized carbons (Fsp3) is 0.250. The summed E-state index contributed by atoms with van der Waals surface area (Å²) < 4.78 is 5.10. The lowest BCUT2D eigenvalue weighted by atomic mass is 10.00. The normalized spacial score (nSPS) is 14.0.